The van der Waals surface area contributed by atoms with Gasteiger partial charge in [-0.15, -0.1) is 0 Å². The minimum Gasteiger partial charge on any atom is -0.302 e. The molecule has 6 heteroatoms. The monoisotopic (exact) mass is 231 g/mol. The third kappa shape index (κ3) is 3.16. The second-order valence-electron chi connectivity index (χ2n) is 3.94. The van der Waals surface area contributed by atoms with Gasteiger partial charge in [0.2, 0.25) is 10.0 Å². The molecule has 2 unspecified atom stereocenters. The summed E-state index contributed by atoms with van der Waals surface area (Å²) in [5, 5.41) is 7.55. The molecule has 2 atom stereocenters. The van der Waals surface area contributed by atoms with Gasteiger partial charge in [-0.05, 0) is 33.4 Å². The van der Waals surface area contributed by atoms with Crippen LogP contribution in [-0.2, 0) is 10.0 Å². The first-order valence-corrected chi connectivity index (χ1v) is 6.60. The predicted molar refractivity (Wildman–Crippen MR) is 57.6 cm³/mol. The van der Waals surface area contributed by atoms with Crippen molar-refractivity contribution in [3.63, 3.8) is 0 Å². The van der Waals surface area contributed by atoms with Crippen LogP contribution >= 0.6 is 0 Å². The van der Waals surface area contributed by atoms with E-state index in [1.807, 2.05) is 7.05 Å². The van der Waals surface area contributed by atoms with Gasteiger partial charge >= 0.3 is 0 Å². The van der Waals surface area contributed by atoms with E-state index in [9.17, 15) is 8.42 Å². The van der Waals surface area contributed by atoms with Crippen molar-refractivity contribution in [3.05, 3.63) is 0 Å². The number of nitriles is 1. The number of nitrogens with zero attached hydrogens (tertiary/aromatic N) is 2. The van der Waals surface area contributed by atoms with Crippen LogP contribution in [0, 0.1) is 11.3 Å². The quantitative estimate of drug-likeness (QED) is 0.734. The van der Waals surface area contributed by atoms with Crippen LogP contribution in [0.25, 0.3) is 0 Å². The molecule has 0 spiro atoms. The molecule has 0 aromatic rings. The zero-order valence-electron chi connectivity index (χ0n) is 9.10. The number of hydrogen-bond donors (Lipinski definition) is 1. The SMILES string of the molecule is CC(C#N)S(=O)(=O)NCC1CCCN1C. The topological polar surface area (TPSA) is 73.2 Å². The first-order valence-electron chi connectivity index (χ1n) is 5.05. The Hall–Kier alpha value is -0.640. The van der Waals surface area contributed by atoms with E-state index in [1.165, 1.54) is 6.92 Å². The zero-order chi connectivity index (χ0) is 11.5. The Morgan fingerprint density at radius 1 is 1.67 bits per heavy atom. The maximum absolute atomic E-state index is 11.5. The molecule has 1 saturated heterocycles. The fraction of sp³-hybridized carbons (Fsp3) is 0.889. The van der Waals surface area contributed by atoms with E-state index in [-0.39, 0.29) is 6.04 Å². The van der Waals surface area contributed by atoms with Crippen LogP contribution in [0.4, 0.5) is 0 Å². The smallest absolute Gasteiger partial charge is 0.227 e. The molecule has 0 saturated carbocycles. The molecule has 0 amide bonds. The minimum absolute atomic E-state index is 0.269. The average Bonchev–Trinajstić information content (AvgIpc) is 2.60. The number of likely N-dealkylation sites (tertiary alicyclic amines) is 1. The molecule has 0 bridgehead atoms. The summed E-state index contributed by atoms with van der Waals surface area (Å²) in [6, 6.07) is 2.00. The highest BCUT2D eigenvalue weighted by Gasteiger charge is 2.25. The first-order chi connectivity index (χ1) is 6.97. The largest absolute Gasteiger partial charge is 0.302 e. The molecular formula is C9H17N3O2S. The molecule has 0 aromatic heterocycles. The van der Waals surface area contributed by atoms with E-state index in [0.717, 1.165) is 19.4 Å². The average molecular weight is 231 g/mol. The van der Waals surface area contributed by atoms with Gasteiger partial charge in [-0.2, -0.15) is 5.26 Å². The van der Waals surface area contributed by atoms with Crippen LogP contribution in [0.2, 0.25) is 0 Å². The van der Waals surface area contributed by atoms with Crippen LogP contribution in [0.5, 0.6) is 0 Å². The molecule has 1 aliphatic heterocycles. The number of rotatable bonds is 4. The van der Waals surface area contributed by atoms with E-state index in [0.29, 0.717) is 6.54 Å². The van der Waals surface area contributed by atoms with Crippen LogP contribution in [0.1, 0.15) is 19.8 Å². The molecule has 1 N–H and O–H groups in total. The Bertz CT molecular complexity index is 347. The summed E-state index contributed by atoms with van der Waals surface area (Å²) in [6.07, 6.45) is 2.12. The Labute approximate surface area is 91.1 Å². The summed E-state index contributed by atoms with van der Waals surface area (Å²) in [7, 11) is -1.47. The summed E-state index contributed by atoms with van der Waals surface area (Å²) in [6.45, 7) is 2.81. The number of likely N-dealkylation sites (N-methyl/N-ethyl adjacent to an activating group) is 1. The van der Waals surface area contributed by atoms with E-state index in [1.54, 1.807) is 6.07 Å². The van der Waals surface area contributed by atoms with Crippen LogP contribution in [0.15, 0.2) is 0 Å². The number of sulfonamides is 1. The zero-order valence-corrected chi connectivity index (χ0v) is 9.92. The molecule has 0 radical (unpaired) electrons. The summed E-state index contributed by atoms with van der Waals surface area (Å²) >= 11 is 0. The van der Waals surface area contributed by atoms with E-state index >= 15 is 0 Å². The van der Waals surface area contributed by atoms with Crippen molar-refractivity contribution in [2.45, 2.75) is 31.1 Å². The lowest BCUT2D eigenvalue weighted by atomic mass is 10.2. The summed E-state index contributed by atoms with van der Waals surface area (Å²) in [5.41, 5.74) is 0. The van der Waals surface area contributed by atoms with Crippen molar-refractivity contribution in [1.82, 2.24) is 9.62 Å². The van der Waals surface area contributed by atoms with Gasteiger partial charge in [-0.1, -0.05) is 0 Å². The lowest BCUT2D eigenvalue weighted by Gasteiger charge is -2.19. The van der Waals surface area contributed by atoms with Crippen LogP contribution in [-0.4, -0.2) is 44.7 Å². The Morgan fingerprint density at radius 3 is 2.80 bits per heavy atom. The molecule has 0 aliphatic carbocycles. The highest BCUT2D eigenvalue weighted by atomic mass is 32.2. The summed E-state index contributed by atoms with van der Waals surface area (Å²) in [4.78, 5) is 2.14. The highest BCUT2D eigenvalue weighted by Crippen LogP contribution is 2.14. The molecule has 1 rings (SSSR count). The van der Waals surface area contributed by atoms with E-state index in [2.05, 4.69) is 9.62 Å². The van der Waals surface area contributed by atoms with Gasteiger partial charge in [0.15, 0.2) is 5.25 Å². The second-order valence-corrected chi connectivity index (χ2v) is 6.03. The minimum atomic E-state index is -3.46. The van der Waals surface area contributed by atoms with Gasteiger partial charge in [0.05, 0.1) is 6.07 Å². The number of nitrogens with one attached hydrogen (secondary N) is 1. The molecule has 15 heavy (non-hydrogen) atoms. The maximum atomic E-state index is 11.5. The third-order valence-electron chi connectivity index (χ3n) is 2.84. The van der Waals surface area contributed by atoms with Gasteiger partial charge in [0, 0.05) is 12.6 Å². The molecule has 1 aliphatic rings. The fourth-order valence-electron chi connectivity index (χ4n) is 1.64. The van der Waals surface area contributed by atoms with Crippen molar-refractivity contribution < 1.29 is 8.42 Å². The Kier molecular flexibility index (Phi) is 4.08. The van der Waals surface area contributed by atoms with E-state index in [4.69, 9.17) is 5.26 Å². The van der Waals surface area contributed by atoms with Crippen molar-refractivity contribution in [2.24, 2.45) is 0 Å². The molecule has 1 fully saturated rings. The predicted octanol–water partition coefficient (Wildman–Crippen LogP) is -0.0879. The van der Waals surface area contributed by atoms with Crippen molar-refractivity contribution in [1.29, 1.82) is 5.26 Å². The van der Waals surface area contributed by atoms with Gasteiger partial charge < -0.3 is 4.90 Å². The lowest BCUT2D eigenvalue weighted by molar-refractivity contribution is 0.310. The van der Waals surface area contributed by atoms with Gasteiger partial charge in [-0.3, -0.25) is 0 Å². The van der Waals surface area contributed by atoms with Crippen LogP contribution < -0.4 is 4.72 Å². The standard InChI is InChI=1S/C9H17N3O2S/c1-8(6-10)15(13,14)11-7-9-4-3-5-12(9)2/h8-9,11H,3-5,7H2,1-2H3. The normalized spacial score (nSPS) is 25.0. The van der Waals surface area contributed by atoms with Crippen molar-refractivity contribution in [2.75, 3.05) is 20.1 Å². The second kappa shape index (κ2) is 4.92. The molecule has 86 valence electrons. The molecule has 0 aromatic carbocycles. The fourth-order valence-corrected chi connectivity index (χ4v) is 2.46. The highest BCUT2D eigenvalue weighted by molar-refractivity contribution is 7.90. The third-order valence-corrected chi connectivity index (χ3v) is 4.44. The maximum Gasteiger partial charge on any atom is 0.227 e. The van der Waals surface area contributed by atoms with E-state index < -0.39 is 15.3 Å². The van der Waals surface area contributed by atoms with Crippen LogP contribution in [0.3, 0.4) is 0 Å². The Morgan fingerprint density at radius 2 is 2.33 bits per heavy atom. The van der Waals surface area contributed by atoms with Gasteiger partial charge in [0.25, 0.3) is 0 Å². The Balaban J connectivity index is 2.47. The van der Waals surface area contributed by atoms with Crippen molar-refractivity contribution >= 4 is 10.0 Å². The first kappa shape index (κ1) is 12.4. The van der Waals surface area contributed by atoms with Gasteiger partial charge in [-0.25, -0.2) is 13.1 Å². The molecule has 5 nitrogen and oxygen atoms in total. The summed E-state index contributed by atoms with van der Waals surface area (Å²) < 4.78 is 25.4. The van der Waals surface area contributed by atoms with Crippen molar-refractivity contribution in [3.8, 4) is 6.07 Å². The molecule has 1 heterocycles. The number of hydrogen-bond acceptors (Lipinski definition) is 4. The lowest BCUT2D eigenvalue weighted by Crippen LogP contribution is -2.41. The summed E-state index contributed by atoms with van der Waals surface area (Å²) in [5.74, 6) is 0. The molecular weight excluding hydrogens is 214 g/mol. The van der Waals surface area contributed by atoms with Gasteiger partial charge in [0.1, 0.15) is 0 Å².